The molecule has 4 nitrogen and oxygen atoms in total. The highest BCUT2D eigenvalue weighted by atomic mass is 16.5. The minimum atomic E-state index is -0.556. The van der Waals surface area contributed by atoms with Gasteiger partial charge in [-0.25, -0.2) is 0 Å². The standard InChI is InChI=1S/C15H29NO3/c1-14(2,3)9-10-19-12-7-6-8-15(11-12,16-4)13(17)18-5/h12,16H,6-11H2,1-5H3. The molecular formula is C15H29NO3. The summed E-state index contributed by atoms with van der Waals surface area (Å²) in [5, 5.41) is 3.15. The van der Waals surface area contributed by atoms with Crippen LogP contribution < -0.4 is 5.32 Å². The highest BCUT2D eigenvalue weighted by Gasteiger charge is 2.42. The lowest BCUT2D eigenvalue weighted by Gasteiger charge is -2.38. The van der Waals surface area contributed by atoms with Gasteiger partial charge in [0.15, 0.2) is 0 Å². The fourth-order valence-electron chi connectivity index (χ4n) is 2.61. The van der Waals surface area contributed by atoms with E-state index >= 15 is 0 Å². The van der Waals surface area contributed by atoms with Crippen LogP contribution in [0.2, 0.25) is 0 Å². The normalized spacial score (nSPS) is 28.2. The van der Waals surface area contributed by atoms with Crippen LogP contribution in [0.15, 0.2) is 0 Å². The monoisotopic (exact) mass is 271 g/mol. The third kappa shape index (κ3) is 4.77. The molecule has 1 aliphatic carbocycles. The lowest BCUT2D eigenvalue weighted by Crippen LogP contribution is -2.55. The minimum Gasteiger partial charge on any atom is -0.468 e. The molecule has 0 saturated heterocycles. The van der Waals surface area contributed by atoms with Gasteiger partial charge in [0.1, 0.15) is 5.54 Å². The molecule has 0 bridgehead atoms. The van der Waals surface area contributed by atoms with Gasteiger partial charge in [-0.05, 0) is 38.1 Å². The first-order chi connectivity index (χ1) is 8.83. The Labute approximate surface area is 117 Å². The minimum absolute atomic E-state index is 0.155. The van der Waals surface area contributed by atoms with E-state index in [2.05, 4.69) is 26.1 Å². The molecule has 1 N–H and O–H groups in total. The number of methoxy groups -OCH3 is 1. The van der Waals surface area contributed by atoms with E-state index in [1.165, 1.54) is 7.11 Å². The van der Waals surface area contributed by atoms with Crippen LogP contribution in [-0.4, -0.2) is 38.4 Å². The van der Waals surface area contributed by atoms with Crippen molar-refractivity contribution in [1.29, 1.82) is 0 Å². The second kappa shape index (κ2) is 6.71. The van der Waals surface area contributed by atoms with Gasteiger partial charge in [0, 0.05) is 13.0 Å². The quantitative estimate of drug-likeness (QED) is 0.781. The van der Waals surface area contributed by atoms with Gasteiger partial charge in [-0.1, -0.05) is 20.8 Å². The molecule has 112 valence electrons. The Morgan fingerprint density at radius 1 is 1.42 bits per heavy atom. The second-order valence-electron chi connectivity index (χ2n) is 6.72. The third-order valence-corrected chi connectivity index (χ3v) is 3.97. The van der Waals surface area contributed by atoms with Crippen LogP contribution >= 0.6 is 0 Å². The molecule has 19 heavy (non-hydrogen) atoms. The summed E-state index contributed by atoms with van der Waals surface area (Å²) < 4.78 is 10.9. The molecule has 0 aliphatic heterocycles. The van der Waals surface area contributed by atoms with E-state index in [4.69, 9.17) is 9.47 Å². The van der Waals surface area contributed by atoms with Crippen molar-refractivity contribution in [2.24, 2.45) is 5.41 Å². The number of hydrogen-bond acceptors (Lipinski definition) is 4. The van der Waals surface area contributed by atoms with Crippen molar-refractivity contribution in [3.8, 4) is 0 Å². The fourth-order valence-corrected chi connectivity index (χ4v) is 2.61. The first-order valence-corrected chi connectivity index (χ1v) is 7.22. The number of hydrogen-bond donors (Lipinski definition) is 1. The number of rotatable bonds is 5. The Morgan fingerprint density at radius 3 is 2.63 bits per heavy atom. The Balaban J connectivity index is 2.51. The van der Waals surface area contributed by atoms with Crippen molar-refractivity contribution >= 4 is 5.97 Å². The van der Waals surface area contributed by atoms with E-state index < -0.39 is 5.54 Å². The molecule has 0 heterocycles. The largest absolute Gasteiger partial charge is 0.468 e. The summed E-state index contributed by atoms with van der Waals surface area (Å²) >= 11 is 0. The maximum atomic E-state index is 12.0. The Hall–Kier alpha value is -0.610. The second-order valence-corrected chi connectivity index (χ2v) is 6.72. The molecule has 0 aromatic carbocycles. The van der Waals surface area contributed by atoms with Crippen molar-refractivity contribution in [2.45, 2.75) is 64.5 Å². The van der Waals surface area contributed by atoms with Crippen molar-refractivity contribution in [3.63, 3.8) is 0 Å². The van der Waals surface area contributed by atoms with E-state index in [1.807, 2.05) is 7.05 Å². The van der Waals surface area contributed by atoms with Gasteiger partial charge in [-0.15, -0.1) is 0 Å². The van der Waals surface area contributed by atoms with E-state index in [1.54, 1.807) is 0 Å². The van der Waals surface area contributed by atoms with Crippen LogP contribution in [0.3, 0.4) is 0 Å². The van der Waals surface area contributed by atoms with Crippen molar-refractivity contribution in [1.82, 2.24) is 5.32 Å². The van der Waals surface area contributed by atoms with E-state index in [-0.39, 0.29) is 17.5 Å². The average Bonchev–Trinajstić information content (AvgIpc) is 2.36. The number of esters is 1. The van der Waals surface area contributed by atoms with Crippen LogP contribution in [0.5, 0.6) is 0 Å². The average molecular weight is 271 g/mol. The zero-order chi connectivity index (χ0) is 14.5. The van der Waals surface area contributed by atoms with Crippen LogP contribution in [0, 0.1) is 5.41 Å². The topological polar surface area (TPSA) is 47.6 Å². The summed E-state index contributed by atoms with van der Waals surface area (Å²) in [6.07, 6.45) is 4.76. The zero-order valence-electron chi connectivity index (χ0n) is 13.0. The van der Waals surface area contributed by atoms with Gasteiger partial charge in [0.25, 0.3) is 0 Å². The summed E-state index contributed by atoms with van der Waals surface area (Å²) in [7, 11) is 3.28. The highest BCUT2D eigenvalue weighted by molar-refractivity contribution is 5.80. The molecule has 1 rings (SSSR count). The SMILES string of the molecule is CNC1(C(=O)OC)CCCC(OCCC(C)(C)C)C1. The Morgan fingerprint density at radius 2 is 2.11 bits per heavy atom. The lowest BCUT2D eigenvalue weighted by atomic mass is 9.80. The third-order valence-electron chi connectivity index (χ3n) is 3.97. The lowest BCUT2D eigenvalue weighted by molar-refractivity contribution is -0.152. The van der Waals surface area contributed by atoms with E-state index in [9.17, 15) is 4.79 Å². The highest BCUT2D eigenvalue weighted by Crippen LogP contribution is 2.31. The molecule has 0 spiro atoms. The van der Waals surface area contributed by atoms with Crippen molar-refractivity contribution < 1.29 is 14.3 Å². The molecule has 1 saturated carbocycles. The van der Waals surface area contributed by atoms with Crippen LogP contribution in [-0.2, 0) is 14.3 Å². The predicted octanol–water partition coefficient (Wildman–Crippen LogP) is 2.51. The summed E-state index contributed by atoms with van der Waals surface area (Å²) in [6.45, 7) is 7.39. The van der Waals surface area contributed by atoms with Crippen LogP contribution in [0.4, 0.5) is 0 Å². The molecule has 0 amide bonds. The number of carbonyl (C=O) groups is 1. The van der Waals surface area contributed by atoms with Crippen molar-refractivity contribution in [3.05, 3.63) is 0 Å². The van der Waals surface area contributed by atoms with Gasteiger partial charge in [-0.3, -0.25) is 4.79 Å². The van der Waals surface area contributed by atoms with Gasteiger partial charge >= 0.3 is 5.97 Å². The molecule has 0 aromatic heterocycles. The van der Waals surface area contributed by atoms with Gasteiger partial charge < -0.3 is 14.8 Å². The molecule has 4 heteroatoms. The first kappa shape index (κ1) is 16.4. The Bertz CT molecular complexity index is 298. The maximum absolute atomic E-state index is 12.0. The summed E-state index contributed by atoms with van der Waals surface area (Å²) in [5.41, 5.74) is -0.267. The summed E-state index contributed by atoms with van der Waals surface area (Å²) in [6, 6.07) is 0. The predicted molar refractivity (Wildman–Crippen MR) is 76.1 cm³/mol. The molecule has 0 aromatic rings. The number of carbonyl (C=O) groups excluding carboxylic acids is 1. The molecule has 2 unspecified atom stereocenters. The Kier molecular flexibility index (Phi) is 5.81. The molecule has 0 radical (unpaired) electrons. The summed E-state index contributed by atoms with van der Waals surface area (Å²) in [5.74, 6) is -0.167. The van der Waals surface area contributed by atoms with Gasteiger partial charge in [-0.2, -0.15) is 0 Å². The van der Waals surface area contributed by atoms with Crippen LogP contribution in [0.25, 0.3) is 0 Å². The zero-order valence-corrected chi connectivity index (χ0v) is 13.0. The number of ether oxygens (including phenoxy) is 2. The molecular weight excluding hydrogens is 242 g/mol. The van der Waals surface area contributed by atoms with E-state index in [0.717, 1.165) is 32.3 Å². The van der Waals surface area contributed by atoms with Gasteiger partial charge in [0.2, 0.25) is 0 Å². The molecule has 2 atom stereocenters. The number of nitrogens with one attached hydrogen (secondary N) is 1. The molecule has 1 aliphatic rings. The molecule has 1 fully saturated rings. The van der Waals surface area contributed by atoms with Crippen molar-refractivity contribution in [2.75, 3.05) is 20.8 Å². The fraction of sp³-hybridized carbons (Fsp3) is 0.933. The smallest absolute Gasteiger partial charge is 0.326 e. The number of likely N-dealkylation sites (N-methyl/N-ethyl adjacent to an activating group) is 1. The van der Waals surface area contributed by atoms with Gasteiger partial charge in [0.05, 0.1) is 13.2 Å². The summed E-state index contributed by atoms with van der Waals surface area (Å²) in [4.78, 5) is 12.0. The van der Waals surface area contributed by atoms with Crippen LogP contribution in [0.1, 0.15) is 52.9 Å². The maximum Gasteiger partial charge on any atom is 0.326 e. The van der Waals surface area contributed by atoms with E-state index in [0.29, 0.717) is 6.42 Å². The first-order valence-electron chi connectivity index (χ1n) is 7.22.